The second-order valence-electron chi connectivity index (χ2n) is 3.84. The average molecular weight is 228 g/mol. The van der Waals surface area contributed by atoms with Crippen molar-refractivity contribution < 1.29 is 9.59 Å². The Hall–Kier alpha value is -2.23. The number of para-hydroxylation sites is 1. The molecule has 0 aliphatic rings. The van der Waals surface area contributed by atoms with Crippen LogP contribution in [-0.2, 0) is 9.59 Å². The van der Waals surface area contributed by atoms with E-state index >= 15 is 0 Å². The van der Waals surface area contributed by atoms with Crippen molar-refractivity contribution >= 4 is 28.3 Å². The summed E-state index contributed by atoms with van der Waals surface area (Å²) in [7, 11) is 0. The average Bonchev–Trinajstić information content (AvgIpc) is 2.29. The Labute approximate surface area is 98.7 Å². The number of nitrogens with one attached hydrogen (secondary N) is 1. The van der Waals surface area contributed by atoms with Gasteiger partial charge in [0.25, 0.3) is 5.91 Å². The standard InChI is InChI=1S/C13H12N2O2/c1-8-6-7-10-4-3-5-11(12(10)14-8)15-13(17)9(2)16/h3-7H,1-2H3,(H,15,17). The van der Waals surface area contributed by atoms with Crippen molar-refractivity contribution in [2.75, 3.05) is 5.32 Å². The molecule has 0 aliphatic heterocycles. The van der Waals surface area contributed by atoms with Crippen molar-refractivity contribution in [3.8, 4) is 0 Å². The molecule has 0 bridgehead atoms. The van der Waals surface area contributed by atoms with E-state index in [-0.39, 0.29) is 0 Å². The van der Waals surface area contributed by atoms with Crippen LogP contribution in [0.1, 0.15) is 12.6 Å². The Kier molecular flexibility index (Phi) is 2.87. The minimum atomic E-state index is -0.624. The van der Waals surface area contributed by atoms with Crippen molar-refractivity contribution in [2.24, 2.45) is 0 Å². The van der Waals surface area contributed by atoms with Gasteiger partial charge in [0.15, 0.2) is 0 Å². The van der Waals surface area contributed by atoms with Gasteiger partial charge in [-0.15, -0.1) is 0 Å². The van der Waals surface area contributed by atoms with E-state index in [1.54, 1.807) is 6.07 Å². The molecular weight excluding hydrogens is 216 g/mol. The Morgan fingerprint density at radius 2 is 1.94 bits per heavy atom. The van der Waals surface area contributed by atoms with Crippen LogP contribution in [0.15, 0.2) is 30.3 Å². The molecule has 0 aliphatic carbocycles. The summed E-state index contributed by atoms with van der Waals surface area (Å²) in [6.45, 7) is 3.11. The van der Waals surface area contributed by atoms with Gasteiger partial charge in [0.05, 0.1) is 11.2 Å². The molecule has 4 heteroatoms. The molecule has 0 fully saturated rings. The van der Waals surface area contributed by atoms with Crippen LogP contribution in [0.3, 0.4) is 0 Å². The molecule has 1 aromatic carbocycles. The van der Waals surface area contributed by atoms with Crippen molar-refractivity contribution in [2.45, 2.75) is 13.8 Å². The predicted molar refractivity (Wildman–Crippen MR) is 65.8 cm³/mol. The molecule has 1 heterocycles. The molecule has 0 unspecified atom stereocenters. The highest BCUT2D eigenvalue weighted by atomic mass is 16.2. The van der Waals surface area contributed by atoms with Gasteiger partial charge in [0.1, 0.15) is 0 Å². The first kappa shape index (κ1) is 11.3. The maximum Gasteiger partial charge on any atom is 0.291 e. The maximum atomic E-state index is 11.4. The van der Waals surface area contributed by atoms with Gasteiger partial charge in [0, 0.05) is 18.0 Å². The molecule has 86 valence electrons. The number of anilines is 1. The van der Waals surface area contributed by atoms with E-state index < -0.39 is 11.7 Å². The van der Waals surface area contributed by atoms with Crippen LogP contribution in [0.2, 0.25) is 0 Å². The Morgan fingerprint density at radius 1 is 1.18 bits per heavy atom. The summed E-state index contributed by atoms with van der Waals surface area (Å²) >= 11 is 0. The van der Waals surface area contributed by atoms with E-state index in [0.29, 0.717) is 11.2 Å². The Morgan fingerprint density at radius 3 is 2.65 bits per heavy atom. The zero-order valence-electron chi connectivity index (χ0n) is 9.65. The fourth-order valence-electron chi connectivity index (χ4n) is 1.56. The van der Waals surface area contributed by atoms with Gasteiger partial charge in [-0.3, -0.25) is 14.6 Å². The smallest absolute Gasteiger partial charge is 0.291 e. The van der Waals surface area contributed by atoms with Gasteiger partial charge in [-0.25, -0.2) is 0 Å². The van der Waals surface area contributed by atoms with Crippen molar-refractivity contribution in [1.29, 1.82) is 0 Å². The van der Waals surface area contributed by atoms with Crippen molar-refractivity contribution in [1.82, 2.24) is 4.98 Å². The summed E-state index contributed by atoms with van der Waals surface area (Å²) in [5.41, 5.74) is 2.12. The Bertz CT molecular complexity index is 605. The van der Waals surface area contributed by atoms with Crippen LogP contribution >= 0.6 is 0 Å². The first-order valence-electron chi connectivity index (χ1n) is 5.26. The van der Waals surface area contributed by atoms with Crippen molar-refractivity contribution in [3.05, 3.63) is 36.0 Å². The summed E-state index contributed by atoms with van der Waals surface area (Å²) < 4.78 is 0. The lowest BCUT2D eigenvalue weighted by molar-refractivity contribution is -0.133. The van der Waals surface area contributed by atoms with Gasteiger partial charge in [-0.05, 0) is 19.1 Å². The number of carbonyl (C=O) groups is 2. The number of nitrogens with zero attached hydrogens (tertiary/aromatic N) is 1. The Balaban J connectivity index is 2.50. The highest BCUT2D eigenvalue weighted by molar-refractivity contribution is 6.40. The number of hydrogen-bond donors (Lipinski definition) is 1. The minimum Gasteiger partial charge on any atom is -0.318 e. The molecule has 1 amide bonds. The zero-order valence-corrected chi connectivity index (χ0v) is 9.65. The van der Waals surface area contributed by atoms with Gasteiger partial charge in [-0.1, -0.05) is 18.2 Å². The highest BCUT2D eigenvalue weighted by Crippen LogP contribution is 2.21. The largest absolute Gasteiger partial charge is 0.318 e. The second-order valence-corrected chi connectivity index (χ2v) is 3.84. The predicted octanol–water partition coefficient (Wildman–Crippen LogP) is 2.07. The van der Waals surface area contributed by atoms with E-state index in [9.17, 15) is 9.59 Å². The molecule has 1 N–H and O–H groups in total. The lowest BCUT2D eigenvalue weighted by Crippen LogP contribution is -2.19. The number of aromatic nitrogens is 1. The number of fused-ring (bicyclic) bond motifs is 1. The van der Waals surface area contributed by atoms with Gasteiger partial charge >= 0.3 is 0 Å². The number of amides is 1. The SMILES string of the molecule is CC(=O)C(=O)Nc1cccc2ccc(C)nc12. The van der Waals surface area contributed by atoms with Crippen LogP contribution in [-0.4, -0.2) is 16.7 Å². The summed E-state index contributed by atoms with van der Waals surface area (Å²) in [6, 6.07) is 9.29. The molecular formula is C13H12N2O2. The lowest BCUT2D eigenvalue weighted by atomic mass is 10.1. The first-order valence-corrected chi connectivity index (χ1v) is 5.26. The van der Waals surface area contributed by atoms with Crippen molar-refractivity contribution in [3.63, 3.8) is 0 Å². The molecule has 4 nitrogen and oxygen atoms in total. The molecule has 0 saturated carbocycles. The third-order valence-electron chi connectivity index (χ3n) is 2.43. The topological polar surface area (TPSA) is 59.1 Å². The summed E-state index contributed by atoms with van der Waals surface area (Å²) in [5, 5.41) is 3.49. The van der Waals surface area contributed by atoms with Crippen LogP contribution < -0.4 is 5.32 Å². The van der Waals surface area contributed by atoms with Crippen LogP contribution in [0.4, 0.5) is 5.69 Å². The number of hydrogen-bond acceptors (Lipinski definition) is 3. The first-order chi connectivity index (χ1) is 8.08. The van der Waals surface area contributed by atoms with Gasteiger partial charge in [0.2, 0.25) is 5.78 Å². The monoisotopic (exact) mass is 228 g/mol. The molecule has 2 aromatic rings. The number of rotatable bonds is 2. The quantitative estimate of drug-likeness (QED) is 0.800. The number of aryl methyl sites for hydroxylation is 1. The number of Topliss-reactive ketones (excluding diaryl/α,β-unsaturated/α-hetero) is 1. The summed E-state index contributed by atoms with van der Waals surface area (Å²) in [5.74, 6) is -1.14. The van der Waals surface area contributed by atoms with Gasteiger partial charge in [-0.2, -0.15) is 0 Å². The van der Waals surface area contributed by atoms with E-state index in [1.807, 2.05) is 31.2 Å². The molecule has 1 aromatic heterocycles. The number of pyridine rings is 1. The van der Waals surface area contributed by atoms with E-state index in [4.69, 9.17) is 0 Å². The number of ketones is 1. The van der Waals surface area contributed by atoms with E-state index in [2.05, 4.69) is 10.3 Å². The maximum absolute atomic E-state index is 11.4. The molecule has 0 saturated heterocycles. The fraction of sp³-hybridized carbons (Fsp3) is 0.154. The number of benzene rings is 1. The zero-order chi connectivity index (χ0) is 12.4. The van der Waals surface area contributed by atoms with Crippen LogP contribution in [0.5, 0.6) is 0 Å². The van der Waals surface area contributed by atoms with Crippen LogP contribution in [0, 0.1) is 6.92 Å². The van der Waals surface area contributed by atoms with Gasteiger partial charge < -0.3 is 5.32 Å². The molecule has 0 radical (unpaired) electrons. The van der Waals surface area contributed by atoms with E-state index in [1.165, 1.54) is 6.92 Å². The molecule has 0 spiro atoms. The number of carbonyl (C=O) groups excluding carboxylic acids is 2. The molecule has 2 rings (SSSR count). The normalized spacial score (nSPS) is 10.2. The third kappa shape index (κ3) is 2.30. The highest BCUT2D eigenvalue weighted by Gasteiger charge is 2.10. The lowest BCUT2D eigenvalue weighted by Gasteiger charge is -2.07. The fourth-order valence-corrected chi connectivity index (χ4v) is 1.56. The molecule has 0 atom stereocenters. The van der Waals surface area contributed by atoms with E-state index in [0.717, 1.165) is 11.1 Å². The van der Waals surface area contributed by atoms with Crippen LogP contribution in [0.25, 0.3) is 10.9 Å². The second kappa shape index (κ2) is 4.33. The third-order valence-corrected chi connectivity index (χ3v) is 2.43. The molecule has 17 heavy (non-hydrogen) atoms. The summed E-state index contributed by atoms with van der Waals surface area (Å²) in [6.07, 6.45) is 0. The minimum absolute atomic E-state index is 0.519. The summed E-state index contributed by atoms with van der Waals surface area (Å²) in [4.78, 5) is 26.6.